The van der Waals surface area contributed by atoms with E-state index in [1.165, 1.54) is 14.0 Å². The van der Waals surface area contributed by atoms with Gasteiger partial charge in [0.25, 0.3) is 0 Å². The molecule has 0 spiro atoms. The molecule has 5 rings (SSSR count). The maximum absolute atomic E-state index is 11.6. The highest BCUT2D eigenvalue weighted by molar-refractivity contribution is 9.10. The Morgan fingerprint density at radius 1 is 1.06 bits per heavy atom. The molecule has 2 heterocycles. The van der Waals surface area contributed by atoms with Gasteiger partial charge in [-0.3, -0.25) is 4.79 Å². The summed E-state index contributed by atoms with van der Waals surface area (Å²) in [6.07, 6.45) is 0.209. The van der Waals surface area contributed by atoms with Gasteiger partial charge in [0.15, 0.2) is 11.5 Å². The zero-order valence-electron chi connectivity index (χ0n) is 19.2. The summed E-state index contributed by atoms with van der Waals surface area (Å²) in [5.74, 6) is 1.91. The molecule has 0 aromatic heterocycles. The summed E-state index contributed by atoms with van der Waals surface area (Å²) in [4.78, 5) is 11.6. The molecule has 7 nitrogen and oxygen atoms in total. The molecule has 3 aromatic rings. The molecule has 2 aliphatic heterocycles. The highest BCUT2D eigenvalue weighted by Crippen LogP contribution is 2.50. The molecule has 9 heteroatoms. The van der Waals surface area contributed by atoms with Gasteiger partial charge >= 0.3 is 5.97 Å². The zero-order chi connectivity index (χ0) is 24.7. The van der Waals surface area contributed by atoms with Crippen molar-refractivity contribution in [1.29, 1.82) is 0 Å². The summed E-state index contributed by atoms with van der Waals surface area (Å²) in [5, 5.41) is 6.99. The molecule has 35 heavy (non-hydrogen) atoms. The number of fused-ring (bicyclic) bond motifs is 3. The first-order chi connectivity index (χ1) is 16.9. The van der Waals surface area contributed by atoms with Gasteiger partial charge in [-0.15, -0.1) is 0 Å². The number of hydrogen-bond donors (Lipinski definition) is 0. The van der Waals surface area contributed by atoms with Gasteiger partial charge in [0.2, 0.25) is 6.23 Å². The van der Waals surface area contributed by atoms with E-state index in [0.717, 1.165) is 44.8 Å². The van der Waals surface area contributed by atoms with Gasteiger partial charge in [0, 0.05) is 28.9 Å². The number of benzene rings is 3. The fourth-order valence-electron chi connectivity index (χ4n) is 4.36. The maximum atomic E-state index is 11.6. The number of hydrogen-bond acceptors (Lipinski definition) is 7. The van der Waals surface area contributed by atoms with E-state index in [9.17, 15) is 4.79 Å². The first-order valence-corrected chi connectivity index (χ1v) is 12.5. The Kier molecular flexibility index (Phi) is 6.46. The van der Waals surface area contributed by atoms with Gasteiger partial charge in [-0.05, 0) is 76.1 Å². The Bertz CT molecular complexity index is 1330. The molecular weight excluding hydrogens is 580 g/mol. The van der Waals surface area contributed by atoms with Crippen molar-refractivity contribution < 1.29 is 23.7 Å². The normalized spacial score (nSPS) is 18.2. The number of esters is 1. The van der Waals surface area contributed by atoms with Crippen LogP contribution in [0.25, 0.3) is 0 Å². The number of nitrogens with zero attached hydrogens (tertiary/aromatic N) is 2. The maximum Gasteiger partial charge on any atom is 0.308 e. The van der Waals surface area contributed by atoms with Gasteiger partial charge in [-0.2, -0.15) is 5.10 Å². The lowest BCUT2D eigenvalue weighted by atomic mass is 9.96. The minimum absolute atomic E-state index is 0.0173. The summed E-state index contributed by atoms with van der Waals surface area (Å²) in [6.45, 7) is 1.35. The second kappa shape index (κ2) is 9.54. The molecule has 0 saturated carbocycles. The van der Waals surface area contributed by atoms with Crippen LogP contribution in [0.15, 0.2) is 68.6 Å². The third kappa shape index (κ3) is 4.50. The van der Waals surface area contributed by atoms with Crippen LogP contribution < -0.4 is 18.9 Å². The molecule has 2 atom stereocenters. The van der Waals surface area contributed by atoms with Crippen molar-refractivity contribution in [2.75, 3.05) is 14.2 Å². The zero-order valence-corrected chi connectivity index (χ0v) is 22.4. The van der Waals surface area contributed by atoms with Crippen LogP contribution in [-0.4, -0.2) is 30.9 Å². The SMILES string of the molecule is COc1ccc(C2=NN3[C@H](C2)c2cc(Br)ccc2O[C@@H]3c2cc(Br)c(OC(C)=O)c(OC)c2)cc1. The number of halogens is 2. The Balaban J connectivity index is 1.59. The number of carbonyl (C=O) groups excluding carboxylic acids is 1. The third-order valence-electron chi connectivity index (χ3n) is 5.96. The topological polar surface area (TPSA) is 69.6 Å². The van der Waals surface area contributed by atoms with Crippen LogP contribution in [-0.2, 0) is 4.79 Å². The largest absolute Gasteiger partial charge is 0.497 e. The quantitative estimate of drug-likeness (QED) is 0.249. The predicted octanol–water partition coefficient (Wildman–Crippen LogP) is 6.40. The van der Waals surface area contributed by atoms with E-state index in [2.05, 4.69) is 37.9 Å². The number of rotatable bonds is 5. The lowest BCUT2D eigenvalue weighted by Crippen LogP contribution is -2.33. The number of ether oxygens (including phenoxy) is 4. The minimum Gasteiger partial charge on any atom is -0.497 e. The highest BCUT2D eigenvalue weighted by Gasteiger charge is 2.41. The van der Waals surface area contributed by atoms with Crippen LogP contribution >= 0.6 is 31.9 Å². The van der Waals surface area contributed by atoms with Crippen LogP contribution in [0.2, 0.25) is 0 Å². The average molecular weight is 602 g/mol. The van der Waals surface area contributed by atoms with Crippen LogP contribution in [0.5, 0.6) is 23.0 Å². The smallest absolute Gasteiger partial charge is 0.308 e. The number of hydrazone groups is 1. The van der Waals surface area contributed by atoms with Gasteiger partial charge in [-0.25, -0.2) is 5.01 Å². The molecule has 0 saturated heterocycles. The second-order valence-corrected chi connectivity index (χ2v) is 9.93. The summed E-state index contributed by atoms with van der Waals surface area (Å²) in [6, 6.07) is 17.6. The minimum atomic E-state index is -0.513. The molecule has 0 fully saturated rings. The Morgan fingerprint density at radius 2 is 1.83 bits per heavy atom. The van der Waals surface area contributed by atoms with E-state index in [0.29, 0.717) is 16.0 Å². The van der Waals surface area contributed by atoms with Crippen LogP contribution in [0.4, 0.5) is 0 Å². The Labute approximate surface area is 219 Å². The summed E-state index contributed by atoms with van der Waals surface area (Å²) in [7, 11) is 3.18. The van der Waals surface area contributed by atoms with E-state index in [1.54, 1.807) is 7.11 Å². The molecule has 0 bridgehead atoms. The van der Waals surface area contributed by atoms with Crippen molar-refractivity contribution in [3.8, 4) is 23.0 Å². The van der Waals surface area contributed by atoms with Gasteiger partial charge in [0.05, 0.1) is 30.4 Å². The lowest BCUT2D eigenvalue weighted by molar-refractivity contribution is -0.132. The molecule has 0 N–H and O–H groups in total. The molecule has 0 amide bonds. The first-order valence-electron chi connectivity index (χ1n) is 10.9. The second-order valence-electron chi connectivity index (χ2n) is 8.16. The van der Waals surface area contributed by atoms with Gasteiger partial charge in [-0.1, -0.05) is 15.9 Å². The van der Waals surface area contributed by atoms with E-state index in [-0.39, 0.29) is 6.04 Å². The third-order valence-corrected chi connectivity index (χ3v) is 7.04. The van der Waals surface area contributed by atoms with Crippen molar-refractivity contribution in [3.05, 3.63) is 80.2 Å². The average Bonchev–Trinajstić information content (AvgIpc) is 3.30. The number of carbonyl (C=O) groups is 1. The van der Waals surface area contributed by atoms with Crippen molar-refractivity contribution in [2.24, 2.45) is 5.10 Å². The van der Waals surface area contributed by atoms with Gasteiger partial charge in [0.1, 0.15) is 11.5 Å². The van der Waals surface area contributed by atoms with Crippen LogP contribution in [0.1, 0.15) is 42.3 Å². The fraction of sp³-hybridized carbons (Fsp3) is 0.231. The Hall–Kier alpha value is -3.04. The fourth-order valence-corrected chi connectivity index (χ4v) is 5.28. The summed E-state index contributed by atoms with van der Waals surface area (Å²) < 4.78 is 24.2. The van der Waals surface area contributed by atoms with Gasteiger partial charge < -0.3 is 18.9 Å². The molecule has 0 unspecified atom stereocenters. The molecule has 0 aliphatic carbocycles. The number of methoxy groups -OCH3 is 2. The molecular formula is C26H22Br2N2O5. The standard InChI is InChI=1S/C26H22Br2N2O5/c1-14(31)34-25-20(28)10-16(11-24(25)33-3)26-30-22(19-12-17(27)6-9-23(19)35-26)13-21(29-30)15-4-7-18(32-2)8-5-15/h4-12,22,26H,13H2,1-3H3/t22-,26-/m1/s1. The van der Waals surface area contributed by atoms with Crippen LogP contribution in [0, 0.1) is 0 Å². The van der Waals surface area contributed by atoms with E-state index in [4.69, 9.17) is 24.0 Å². The van der Waals surface area contributed by atoms with Crippen LogP contribution in [0.3, 0.4) is 0 Å². The molecule has 180 valence electrons. The monoisotopic (exact) mass is 600 g/mol. The van der Waals surface area contributed by atoms with Crippen molar-refractivity contribution in [1.82, 2.24) is 5.01 Å². The van der Waals surface area contributed by atoms with E-state index < -0.39 is 12.2 Å². The van der Waals surface area contributed by atoms with Crippen molar-refractivity contribution >= 4 is 43.5 Å². The highest BCUT2D eigenvalue weighted by atomic mass is 79.9. The molecule has 0 radical (unpaired) electrons. The first kappa shape index (κ1) is 23.7. The lowest BCUT2D eigenvalue weighted by Gasteiger charge is -2.38. The summed E-state index contributed by atoms with van der Waals surface area (Å²) >= 11 is 7.11. The Morgan fingerprint density at radius 3 is 2.51 bits per heavy atom. The predicted molar refractivity (Wildman–Crippen MR) is 138 cm³/mol. The van der Waals surface area contributed by atoms with Crippen molar-refractivity contribution in [3.63, 3.8) is 0 Å². The van der Waals surface area contributed by atoms with E-state index >= 15 is 0 Å². The van der Waals surface area contributed by atoms with E-state index in [1.807, 2.05) is 53.5 Å². The molecule has 3 aromatic carbocycles. The van der Waals surface area contributed by atoms with Crippen molar-refractivity contribution in [2.45, 2.75) is 25.6 Å². The molecule has 2 aliphatic rings. The summed E-state index contributed by atoms with van der Waals surface area (Å²) in [5.41, 5.74) is 3.86.